The van der Waals surface area contributed by atoms with Gasteiger partial charge in [0.2, 0.25) is 10.0 Å². The van der Waals surface area contributed by atoms with Gasteiger partial charge >= 0.3 is 0 Å². The molecule has 1 amide bonds. The molecule has 6 nitrogen and oxygen atoms in total. The van der Waals surface area contributed by atoms with E-state index in [1.807, 2.05) is 29.8 Å². The Labute approximate surface area is 153 Å². The van der Waals surface area contributed by atoms with Gasteiger partial charge < -0.3 is 4.57 Å². The normalized spacial score (nSPS) is 20.6. The molecule has 9 heteroatoms. The van der Waals surface area contributed by atoms with Crippen molar-refractivity contribution in [3.8, 4) is 0 Å². The summed E-state index contributed by atoms with van der Waals surface area (Å²) >= 11 is 4.89. The molecule has 0 aliphatic carbocycles. The van der Waals surface area contributed by atoms with Gasteiger partial charge in [0.15, 0.2) is 4.80 Å². The zero-order chi connectivity index (χ0) is 17.5. The van der Waals surface area contributed by atoms with Crippen LogP contribution in [0.4, 0.5) is 0 Å². The van der Waals surface area contributed by atoms with Gasteiger partial charge in [0.1, 0.15) is 0 Å². The highest BCUT2D eigenvalue weighted by atomic mass is 79.9. The molecule has 1 aliphatic rings. The molecule has 1 saturated heterocycles. The lowest BCUT2D eigenvalue weighted by molar-refractivity contribution is -0.122. The number of fused-ring (bicyclic) bond motifs is 1. The SMILES string of the molecule is Cn1c(=NC(=O)C2CCCN(S(C)(=O)=O)C2)sc2cc(Br)ccc21. The second-order valence-corrected chi connectivity index (χ2v) is 9.87. The fourth-order valence-corrected chi connectivity index (χ4v) is 5.33. The number of hydrogen-bond donors (Lipinski definition) is 0. The van der Waals surface area contributed by atoms with Gasteiger partial charge in [-0.2, -0.15) is 4.99 Å². The second-order valence-electron chi connectivity index (χ2n) is 5.97. The first-order chi connectivity index (χ1) is 11.3. The lowest BCUT2D eigenvalue weighted by atomic mass is 9.99. The lowest BCUT2D eigenvalue weighted by Gasteiger charge is -2.28. The summed E-state index contributed by atoms with van der Waals surface area (Å²) in [5, 5.41) is 0. The van der Waals surface area contributed by atoms with Crippen LogP contribution in [-0.4, -0.2) is 42.5 Å². The van der Waals surface area contributed by atoms with Crippen molar-refractivity contribution in [2.45, 2.75) is 12.8 Å². The van der Waals surface area contributed by atoms with Gasteiger partial charge in [0, 0.05) is 24.6 Å². The third-order valence-corrected chi connectivity index (χ3v) is 7.04. The molecule has 0 spiro atoms. The number of piperidine rings is 1. The summed E-state index contributed by atoms with van der Waals surface area (Å²) in [7, 11) is -1.39. The quantitative estimate of drug-likeness (QED) is 0.730. The third-order valence-electron chi connectivity index (χ3n) is 4.18. The van der Waals surface area contributed by atoms with Crippen LogP contribution < -0.4 is 4.80 Å². The number of rotatable bonds is 2. The molecular formula is C15H18BrN3O3S2. The van der Waals surface area contributed by atoms with E-state index in [1.165, 1.54) is 21.9 Å². The molecule has 1 aromatic carbocycles. The number of hydrogen-bond acceptors (Lipinski definition) is 4. The second kappa shape index (κ2) is 6.70. The Bertz CT molecular complexity index is 962. The van der Waals surface area contributed by atoms with Gasteiger partial charge in [0.05, 0.1) is 22.4 Å². The van der Waals surface area contributed by atoms with Crippen LogP contribution in [-0.2, 0) is 21.9 Å². The monoisotopic (exact) mass is 431 g/mol. The van der Waals surface area contributed by atoms with E-state index in [-0.39, 0.29) is 18.4 Å². The highest BCUT2D eigenvalue weighted by Crippen LogP contribution is 2.22. The van der Waals surface area contributed by atoms with E-state index in [2.05, 4.69) is 20.9 Å². The number of nitrogens with zero attached hydrogens (tertiary/aromatic N) is 3. The van der Waals surface area contributed by atoms with Crippen LogP contribution in [0, 0.1) is 5.92 Å². The van der Waals surface area contributed by atoms with Crippen molar-refractivity contribution in [2.24, 2.45) is 18.0 Å². The fourth-order valence-electron chi connectivity index (χ4n) is 2.85. The predicted molar refractivity (Wildman–Crippen MR) is 98.2 cm³/mol. The van der Waals surface area contributed by atoms with Gasteiger partial charge in [-0.25, -0.2) is 12.7 Å². The van der Waals surface area contributed by atoms with Gasteiger partial charge in [-0.15, -0.1) is 0 Å². The van der Waals surface area contributed by atoms with E-state index in [9.17, 15) is 13.2 Å². The molecular weight excluding hydrogens is 414 g/mol. The van der Waals surface area contributed by atoms with Crippen LogP contribution in [0.15, 0.2) is 27.7 Å². The molecule has 0 radical (unpaired) electrons. The summed E-state index contributed by atoms with van der Waals surface area (Å²) in [6.07, 6.45) is 2.54. The van der Waals surface area contributed by atoms with Crippen LogP contribution in [0.25, 0.3) is 10.2 Å². The van der Waals surface area contributed by atoms with Crippen molar-refractivity contribution >= 4 is 53.4 Å². The average Bonchev–Trinajstić information content (AvgIpc) is 2.82. The highest BCUT2D eigenvalue weighted by Gasteiger charge is 2.30. The van der Waals surface area contributed by atoms with Gasteiger partial charge in [-0.05, 0) is 31.0 Å². The minimum Gasteiger partial charge on any atom is -0.319 e. The van der Waals surface area contributed by atoms with Crippen LogP contribution >= 0.6 is 27.3 Å². The number of benzene rings is 1. The smallest absolute Gasteiger partial charge is 0.252 e. The maximum atomic E-state index is 12.5. The highest BCUT2D eigenvalue weighted by molar-refractivity contribution is 9.10. The molecule has 3 rings (SSSR count). The predicted octanol–water partition coefficient (Wildman–Crippen LogP) is 2.10. The molecule has 24 heavy (non-hydrogen) atoms. The molecule has 0 bridgehead atoms. The number of halogens is 1. The van der Waals surface area contributed by atoms with Crippen molar-refractivity contribution in [3.05, 3.63) is 27.5 Å². The Hall–Kier alpha value is -1.03. The number of thiazole rings is 1. The standard InChI is InChI=1S/C15H18BrN3O3S2/c1-18-12-6-5-11(16)8-13(12)23-15(18)17-14(20)10-4-3-7-19(9-10)24(2,21)22/h5-6,8,10H,3-4,7,9H2,1-2H3. The minimum atomic E-state index is -3.27. The Balaban J connectivity index is 1.91. The van der Waals surface area contributed by atoms with Gasteiger partial charge in [-0.1, -0.05) is 27.3 Å². The Morgan fingerprint density at radius 3 is 2.88 bits per heavy atom. The van der Waals surface area contributed by atoms with Crippen molar-refractivity contribution in [1.82, 2.24) is 8.87 Å². The summed E-state index contributed by atoms with van der Waals surface area (Å²) in [5.41, 5.74) is 1.01. The first kappa shape index (κ1) is 17.8. The van der Waals surface area contributed by atoms with Gasteiger partial charge in [-0.3, -0.25) is 4.79 Å². The van der Waals surface area contributed by atoms with Gasteiger partial charge in [0.25, 0.3) is 5.91 Å². The maximum Gasteiger partial charge on any atom is 0.252 e. The van der Waals surface area contributed by atoms with E-state index >= 15 is 0 Å². The van der Waals surface area contributed by atoms with E-state index in [1.54, 1.807) is 0 Å². The molecule has 2 heterocycles. The topological polar surface area (TPSA) is 71.7 Å². The number of carbonyl (C=O) groups is 1. The van der Waals surface area contributed by atoms with Crippen LogP contribution in [0.5, 0.6) is 0 Å². The van der Waals surface area contributed by atoms with Crippen molar-refractivity contribution in [1.29, 1.82) is 0 Å². The minimum absolute atomic E-state index is 0.224. The lowest BCUT2D eigenvalue weighted by Crippen LogP contribution is -2.41. The summed E-state index contributed by atoms with van der Waals surface area (Å²) in [6.45, 7) is 0.703. The summed E-state index contributed by atoms with van der Waals surface area (Å²) in [4.78, 5) is 17.4. The molecule has 0 saturated carbocycles. The maximum absolute atomic E-state index is 12.5. The number of aromatic nitrogens is 1. The number of sulfonamides is 1. The van der Waals surface area contributed by atoms with E-state index in [0.717, 1.165) is 14.7 Å². The first-order valence-electron chi connectivity index (χ1n) is 7.54. The Morgan fingerprint density at radius 1 is 1.42 bits per heavy atom. The molecule has 2 aromatic rings. The molecule has 1 fully saturated rings. The molecule has 0 N–H and O–H groups in total. The first-order valence-corrected chi connectivity index (χ1v) is 11.0. The largest absolute Gasteiger partial charge is 0.319 e. The number of carbonyl (C=O) groups excluding carboxylic acids is 1. The summed E-state index contributed by atoms with van der Waals surface area (Å²) in [5.74, 6) is -0.616. The Morgan fingerprint density at radius 2 is 2.17 bits per heavy atom. The van der Waals surface area contributed by atoms with E-state index in [4.69, 9.17) is 0 Å². The zero-order valence-corrected chi connectivity index (χ0v) is 16.6. The fraction of sp³-hybridized carbons (Fsp3) is 0.467. The van der Waals surface area contributed by atoms with Crippen LogP contribution in [0.1, 0.15) is 12.8 Å². The van der Waals surface area contributed by atoms with Crippen molar-refractivity contribution < 1.29 is 13.2 Å². The van der Waals surface area contributed by atoms with Crippen LogP contribution in [0.2, 0.25) is 0 Å². The van der Waals surface area contributed by atoms with E-state index in [0.29, 0.717) is 24.2 Å². The number of aryl methyl sites for hydroxylation is 1. The molecule has 1 aromatic heterocycles. The molecule has 1 atom stereocenters. The number of amides is 1. The Kier molecular flexibility index (Phi) is 4.96. The molecule has 1 unspecified atom stereocenters. The average molecular weight is 432 g/mol. The summed E-state index contributed by atoms with van der Waals surface area (Å²) < 4.78 is 28.7. The molecule has 130 valence electrons. The van der Waals surface area contributed by atoms with Crippen molar-refractivity contribution in [3.63, 3.8) is 0 Å². The third kappa shape index (κ3) is 3.63. The summed E-state index contributed by atoms with van der Waals surface area (Å²) in [6, 6.07) is 5.92. The zero-order valence-electron chi connectivity index (χ0n) is 13.4. The molecule has 1 aliphatic heterocycles. The van der Waals surface area contributed by atoms with Crippen LogP contribution in [0.3, 0.4) is 0 Å². The van der Waals surface area contributed by atoms with E-state index < -0.39 is 10.0 Å². The van der Waals surface area contributed by atoms with Crippen molar-refractivity contribution in [2.75, 3.05) is 19.3 Å².